The van der Waals surface area contributed by atoms with Crippen LogP contribution in [-0.2, 0) is 9.59 Å². The number of anilines is 2. The highest BCUT2D eigenvalue weighted by Gasteiger charge is 2.36. The molecule has 0 unspecified atom stereocenters. The third kappa shape index (κ3) is 4.68. The van der Waals surface area contributed by atoms with Gasteiger partial charge in [-0.3, -0.25) is 19.3 Å². The highest BCUT2D eigenvalue weighted by Crippen LogP contribution is 2.32. The quantitative estimate of drug-likeness (QED) is 0.755. The van der Waals surface area contributed by atoms with Gasteiger partial charge < -0.3 is 10.2 Å². The van der Waals surface area contributed by atoms with Gasteiger partial charge in [-0.15, -0.1) is 0 Å². The van der Waals surface area contributed by atoms with Gasteiger partial charge in [0.15, 0.2) is 0 Å². The van der Waals surface area contributed by atoms with Crippen LogP contribution >= 0.6 is 11.8 Å². The number of thioether (sulfide) groups is 1. The van der Waals surface area contributed by atoms with Gasteiger partial charge in [0.25, 0.3) is 11.1 Å². The second-order valence-electron chi connectivity index (χ2n) is 7.07. The Morgan fingerprint density at radius 3 is 2.28 bits per heavy atom. The van der Waals surface area contributed by atoms with E-state index in [4.69, 9.17) is 0 Å². The molecule has 0 atom stereocenters. The summed E-state index contributed by atoms with van der Waals surface area (Å²) in [6.45, 7) is 3.48. The van der Waals surface area contributed by atoms with E-state index in [1.165, 1.54) is 0 Å². The summed E-state index contributed by atoms with van der Waals surface area (Å²) in [6.07, 6.45) is 1.67. The summed E-state index contributed by atoms with van der Waals surface area (Å²) in [7, 11) is 3.90. The predicted octanol–water partition coefficient (Wildman–Crippen LogP) is 4.04. The molecule has 150 valence electrons. The van der Waals surface area contributed by atoms with Crippen LogP contribution in [0.5, 0.6) is 0 Å². The second-order valence-corrected chi connectivity index (χ2v) is 8.06. The first-order valence-electron chi connectivity index (χ1n) is 9.15. The van der Waals surface area contributed by atoms with E-state index in [2.05, 4.69) is 5.32 Å². The Morgan fingerprint density at radius 1 is 1.07 bits per heavy atom. The smallest absolute Gasteiger partial charge is 0.294 e. The first-order valence-corrected chi connectivity index (χ1v) is 9.96. The fourth-order valence-electron chi connectivity index (χ4n) is 2.99. The number of rotatable bonds is 5. The molecule has 6 nitrogen and oxygen atoms in total. The summed E-state index contributed by atoms with van der Waals surface area (Å²) in [6, 6.07) is 13.3. The van der Waals surface area contributed by atoms with Crippen molar-refractivity contribution in [2.45, 2.75) is 13.8 Å². The van der Waals surface area contributed by atoms with Gasteiger partial charge in [-0.25, -0.2) is 0 Å². The van der Waals surface area contributed by atoms with Gasteiger partial charge in [0.05, 0.1) is 4.91 Å². The average molecular weight is 410 g/mol. The van der Waals surface area contributed by atoms with Gasteiger partial charge in [0.1, 0.15) is 6.54 Å². The van der Waals surface area contributed by atoms with E-state index < -0.39 is 17.1 Å². The summed E-state index contributed by atoms with van der Waals surface area (Å²) < 4.78 is 0. The molecule has 0 saturated carbocycles. The molecule has 0 aromatic heterocycles. The third-order valence-corrected chi connectivity index (χ3v) is 5.54. The Bertz CT molecular complexity index is 977. The largest absolute Gasteiger partial charge is 0.378 e. The summed E-state index contributed by atoms with van der Waals surface area (Å²) in [5, 5.41) is 2.37. The van der Waals surface area contributed by atoms with Gasteiger partial charge in [-0.05, 0) is 60.5 Å². The van der Waals surface area contributed by atoms with E-state index in [0.717, 1.165) is 39.0 Å². The monoisotopic (exact) mass is 409 g/mol. The van der Waals surface area contributed by atoms with Crippen molar-refractivity contribution in [3.63, 3.8) is 0 Å². The molecule has 3 rings (SSSR count). The average Bonchev–Trinajstić information content (AvgIpc) is 2.92. The van der Waals surface area contributed by atoms with Gasteiger partial charge in [0, 0.05) is 25.5 Å². The van der Waals surface area contributed by atoms with Crippen molar-refractivity contribution in [3.05, 3.63) is 64.1 Å². The number of hydrogen-bond donors (Lipinski definition) is 1. The number of nitrogens with zero attached hydrogens (tertiary/aromatic N) is 2. The van der Waals surface area contributed by atoms with E-state index in [9.17, 15) is 14.4 Å². The van der Waals surface area contributed by atoms with Crippen molar-refractivity contribution in [2.24, 2.45) is 0 Å². The van der Waals surface area contributed by atoms with Crippen LogP contribution in [0.3, 0.4) is 0 Å². The normalized spacial score (nSPS) is 15.2. The lowest BCUT2D eigenvalue weighted by atomic mass is 10.1. The summed E-state index contributed by atoms with van der Waals surface area (Å²) in [4.78, 5) is 40.6. The van der Waals surface area contributed by atoms with Crippen molar-refractivity contribution >= 4 is 46.3 Å². The molecular formula is C22H23N3O3S. The molecule has 1 saturated heterocycles. The number of imide groups is 1. The van der Waals surface area contributed by atoms with E-state index in [1.54, 1.807) is 6.08 Å². The molecule has 0 radical (unpaired) electrons. The maximum atomic E-state index is 12.6. The second kappa shape index (κ2) is 8.53. The maximum Gasteiger partial charge on any atom is 0.294 e. The summed E-state index contributed by atoms with van der Waals surface area (Å²) in [5.41, 5.74) is 4.42. The van der Waals surface area contributed by atoms with E-state index in [1.807, 2.05) is 75.3 Å². The molecule has 7 heteroatoms. The third-order valence-electron chi connectivity index (χ3n) is 4.63. The molecule has 2 aromatic carbocycles. The standard InChI is InChI=1S/C22H23N3O3S/c1-14-6-5-7-15(2)20(14)23-19(26)13-25-21(27)18(29-22(25)28)12-16-8-10-17(11-9-16)24(3)4/h5-12H,13H2,1-4H3,(H,23,26)/b18-12+. The van der Waals surface area contributed by atoms with Crippen LogP contribution in [0.4, 0.5) is 16.2 Å². The maximum absolute atomic E-state index is 12.6. The van der Waals surface area contributed by atoms with Crippen LogP contribution in [0.2, 0.25) is 0 Å². The van der Waals surface area contributed by atoms with Crippen LogP contribution in [0.15, 0.2) is 47.4 Å². The Labute approximate surface area is 174 Å². The van der Waals surface area contributed by atoms with Crippen molar-refractivity contribution < 1.29 is 14.4 Å². The molecule has 0 aliphatic carbocycles. The SMILES string of the molecule is Cc1cccc(C)c1NC(=O)CN1C(=O)S/C(=C/c2ccc(N(C)C)cc2)C1=O. The van der Waals surface area contributed by atoms with Gasteiger partial charge >= 0.3 is 0 Å². The number of benzene rings is 2. The van der Waals surface area contributed by atoms with E-state index in [0.29, 0.717) is 10.6 Å². The highest BCUT2D eigenvalue weighted by molar-refractivity contribution is 8.18. The molecule has 1 heterocycles. The lowest BCUT2D eigenvalue weighted by Gasteiger charge is -2.15. The van der Waals surface area contributed by atoms with Crippen molar-refractivity contribution in [2.75, 3.05) is 30.9 Å². The fraction of sp³-hybridized carbons (Fsp3) is 0.227. The zero-order valence-electron chi connectivity index (χ0n) is 16.9. The van der Waals surface area contributed by atoms with Crippen LogP contribution in [-0.4, -0.2) is 42.6 Å². The predicted molar refractivity (Wildman–Crippen MR) is 118 cm³/mol. The molecule has 1 aliphatic heterocycles. The van der Waals surface area contributed by atoms with Crippen LogP contribution in [0, 0.1) is 13.8 Å². The summed E-state index contributed by atoms with van der Waals surface area (Å²) >= 11 is 0.850. The molecular weight excluding hydrogens is 386 g/mol. The number of para-hydroxylation sites is 1. The fourth-order valence-corrected chi connectivity index (χ4v) is 3.83. The molecule has 3 amide bonds. The molecule has 2 aromatic rings. The minimum atomic E-state index is -0.451. The van der Waals surface area contributed by atoms with Gasteiger partial charge in [-0.2, -0.15) is 0 Å². The first-order chi connectivity index (χ1) is 13.8. The minimum absolute atomic E-state index is 0.310. The number of carbonyl (C=O) groups is 3. The van der Waals surface area contributed by atoms with E-state index >= 15 is 0 Å². The lowest BCUT2D eigenvalue weighted by molar-refractivity contribution is -0.127. The van der Waals surface area contributed by atoms with Crippen LogP contribution < -0.4 is 10.2 Å². The Balaban J connectivity index is 1.71. The number of carbonyl (C=O) groups excluding carboxylic acids is 3. The number of aryl methyl sites for hydroxylation is 2. The molecule has 1 aliphatic rings. The first kappa shape index (κ1) is 20.7. The van der Waals surface area contributed by atoms with Crippen LogP contribution in [0.25, 0.3) is 6.08 Å². The van der Waals surface area contributed by atoms with E-state index in [-0.39, 0.29) is 6.54 Å². The number of nitrogens with one attached hydrogen (secondary N) is 1. The Hall–Kier alpha value is -3.06. The molecule has 1 N–H and O–H groups in total. The van der Waals surface area contributed by atoms with Crippen molar-refractivity contribution in [1.29, 1.82) is 0 Å². The van der Waals surface area contributed by atoms with Gasteiger partial charge in [-0.1, -0.05) is 30.3 Å². The topological polar surface area (TPSA) is 69.7 Å². The minimum Gasteiger partial charge on any atom is -0.378 e. The zero-order chi connectivity index (χ0) is 21.1. The highest BCUT2D eigenvalue weighted by atomic mass is 32.2. The van der Waals surface area contributed by atoms with Gasteiger partial charge in [0.2, 0.25) is 5.91 Å². The molecule has 0 bridgehead atoms. The molecule has 1 fully saturated rings. The molecule has 0 spiro atoms. The Morgan fingerprint density at radius 2 is 1.69 bits per heavy atom. The van der Waals surface area contributed by atoms with Crippen LogP contribution in [0.1, 0.15) is 16.7 Å². The lowest BCUT2D eigenvalue weighted by Crippen LogP contribution is -2.36. The number of hydrogen-bond acceptors (Lipinski definition) is 5. The van der Waals surface area contributed by atoms with Crippen molar-refractivity contribution in [3.8, 4) is 0 Å². The zero-order valence-corrected chi connectivity index (χ0v) is 17.7. The summed E-state index contributed by atoms with van der Waals surface area (Å²) in [5.74, 6) is -0.852. The number of amides is 3. The Kier molecular flexibility index (Phi) is 6.08. The van der Waals surface area contributed by atoms with Crippen molar-refractivity contribution in [1.82, 2.24) is 4.90 Å². The molecule has 29 heavy (non-hydrogen) atoms.